The number of aliphatic hydroxyl groups excluding tert-OH is 2. The van der Waals surface area contributed by atoms with Crippen molar-refractivity contribution in [3.05, 3.63) is 84.2 Å². The quantitative estimate of drug-likeness (QED) is 0.544. The third-order valence-electron chi connectivity index (χ3n) is 4.92. The molecule has 4 rings (SSSR count). The van der Waals surface area contributed by atoms with Gasteiger partial charge in [0.1, 0.15) is 18.0 Å². The molecule has 0 aliphatic rings. The Hall–Kier alpha value is -3.15. The lowest BCUT2D eigenvalue weighted by molar-refractivity contribution is -0.368. The highest BCUT2D eigenvalue weighted by Crippen LogP contribution is 2.20. The molecule has 28 heavy (non-hydrogen) atoms. The van der Waals surface area contributed by atoms with Crippen LogP contribution < -0.4 is 9.97 Å². The summed E-state index contributed by atoms with van der Waals surface area (Å²) < 4.78 is 0. The second-order valence-electron chi connectivity index (χ2n) is 6.98. The molecular weight excluding hydrogens is 352 g/mol. The Bertz CT molecular complexity index is 1050. The van der Waals surface area contributed by atoms with Crippen molar-refractivity contribution < 1.29 is 25.0 Å². The summed E-state index contributed by atoms with van der Waals surface area (Å²) >= 11 is 0. The molecule has 0 fully saturated rings. The lowest BCUT2D eigenvalue weighted by Crippen LogP contribution is -2.21. The number of benzene rings is 2. The van der Waals surface area contributed by atoms with Gasteiger partial charge in [0.15, 0.2) is 0 Å². The molecule has 5 nitrogen and oxygen atoms in total. The fraction of sp³-hybridized carbons (Fsp3) is 0.174. The van der Waals surface area contributed by atoms with Gasteiger partial charge in [-0.2, -0.15) is 0 Å². The van der Waals surface area contributed by atoms with Crippen LogP contribution in [0.5, 0.6) is 0 Å². The molecule has 0 saturated heterocycles. The van der Waals surface area contributed by atoms with Crippen molar-refractivity contribution in [3.8, 4) is 0 Å². The first-order valence-corrected chi connectivity index (χ1v) is 9.30. The van der Waals surface area contributed by atoms with Gasteiger partial charge in [-0.1, -0.05) is 24.3 Å². The Morgan fingerprint density at radius 3 is 1.57 bits per heavy atom. The number of rotatable bonds is 6. The van der Waals surface area contributed by atoms with E-state index in [2.05, 4.69) is 9.97 Å². The van der Waals surface area contributed by atoms with Crippen molar-refractivity contribution >= 4 is 27.6 Å². The minimum absolute atomic E-state index is 0.0561. The molecule has 2 unspecified atom stereocenters. The summed E-state index contributed by atoms with van der Waals surface area (Å²) in [5.41, 5.74) is 2.97. The number of aromatic amines is 2. The van der Waals surface area contributed by atoms with Crippen molar-refractivity contribution in [1.29, 1.82) is 0 Å². The second kappa shape index (κ2) is 7.84. The number of H-pyrrole nitrogens is 2. The molecule has 4 aromatic rings. The topological polar surface area (TPSA) is 85.8 Å². The Balaban J connectivity index is 1.43. The summed E-state index contributed by atoms with van der Waals surface area (Å²) in [6, 6.07) is 22.9. The number of carbonyl (C=O) groups is 1. The highest BCUT2D eigenvalue weighted by molar-refractivity contribution is 5.80. The fourth-order valence-corrected chi connectivity index (χ4v) is 3.39. The van der Waals surface area contributed by atoms with E-state index in [1.165, 1.54) is 0 Å². The molecule has 140 valence electrons. The van der Waals surface area contributed by atoms with Gasteiger partial charge in [0, 0.05) is 47.9 Å². The third-order valence-corrected chi connectivity index (χ3v) is 4.92. The molecule has 0 radical (unpaired) electrons. The summed E-state index contributed by atoms with van der Waals surface area (Å²) in [4.78, 5) is 18.7. The summed E-state index contributed by atoms with van der Waals surface area (Å²) in [5.74, 6) is -0.205. The van der Waals surface area contributed by atoms with Gasteiger partial charge in [0.25, 0.3) is 0 Å². The van der Waals surface area contributed by atoms with E-state index in [4.69, 9.17) is 0 Å². The zero-order valence-corrected chi connectivity index (χ0v) is 15.3. The number of hydrogen-bond acceptors (Lipinski definition) is 3. The average molecular weight is 374 g/mol. The first-order valence-electron chi connectivity index (χ1n) is 9.30. The average Bonchev–Trinajstić information content (AvgIpc) is 2.72. The largest absolute Gasteiger partial charge is 0.382 e. The molecule has 5 heteroatoms. The van der Waals surface area contributed by atoms with Crippen LogP contribution in [0.4, 0.5) is 0 Å². The first-order chi connectivity index (χ1) is 13.6. The van der Waals surface area contributed by atoms with Gasteiger partial charge >= 0.3 is 0 Å². The second-order valence-corrected chi connectivity index (χ2v) is 6.98. The van der Waals surface area contributed by atoms with Crippen LogP contribution in [-0.2, 0) is 4.79 Å². The van der Waals surface area contributed by atoms with E-state index in [-0.39, 0.29) is 18.6 Å². The first kappa shape index (κ1) is 18.2. The Morgan fingerprint density at radius 1 is 0.679 bits per heavy atom. The van der Waals surface area contributed by atoms with Gasteiger partial charge in [-0.25, -0.2) is 9.97 Å². The highest BCUT2D eigenvalue weighted by Gasteiger charge is 2.24. The van der Waals surface area contributed by atoms with Crippen LogP contribution in [0.15, 0.2) is 72.8 Å². The van der Waals surface area contributed by atoms with E-state index in [1.54, 1.807) is 12.1 Å². The van der Waals surface area contributed by atoms with Crippen LogP contribution in [-0.4, -0.2) is 16.0 Å². The molecule has 0 spiro atoms. The molecule has 2 atom stereocenters. The molecule has 2 heterocycles. The van der Waals surface area contributed by atoms with E-state index in [0.717, 1.165) is 21.8 Å². The van der Waals surface area contributed by atoms with Crippen LogP contribution in [0, 0.1) is 0 Å². The maximum absolute atomic E-state index is 12.4. The molecule has 2 aromatic carbocycles. The molecular formula is C23H22N2O3+2. The molecule has 0 amide bonds. The lowest BCUT2D eigenvalue weighted by atomic mass is 10.0. The van der Waals surface area contributed by atoms with Gasteiger partial charge in [-0.3, -0.25) is 4.79 Å². The standard InChI is InChI=1S/C23H20N2O3/c26-17(13-22(27)20-11-9-15-5-1-3-7-18(15)24-20)14-23(28)21-12-10-16-6-2-4-8-19(16)25-21/h1-12,22-23,27-28H,13-14H2/p+2. The van der Waals surface area contributed by atoms with Crippen molar-refractivity contribution in [1.82, 2.24) is 0 Å². The van der Waals surface area contributed by atoms with Crippen molar-refractivity contribution in [2.45, 2.75) is 25.0 Å². The smallest absolute Gasteiger partial charge is 0.211 e. The predicted octanol–water partition coefficient (Wildman–Crippen LogP) is 2.74. The number of fused-ring (bicyclic) bond motifs is 2. The monoisotopic (exact) mass is 374 g/mol. The molecule has 4 N–H and O–H groups in total. The molecule has 0 aliphatic carbocycles. The fourth-order valence-electron chi connectivity index (χ4n) is 3.39. The predicted molar refractivity (Wildman–Crippen MR) is 105 cm³/mol. The summed E-state index contributed by atoms with van der Waals surface area (Å²) in [6.45, 7) is 0. The number of para-hydroxylation sites is 2. The summed E-state index contributed by atoms with van der Waals surface area (Å²) in [5, 5.41) is 22.9. The summed E-state index contributed by atoms with van der Waals surface area (Å²) in [7, 11) is 0. The van der Waals surface area contributed by atoms with E-state index in [1.807, 2.05) is 60.7 Å². The van der Waals surface area contributed by atoms with Crippen LogP contribution >= 0.6 is 0 Å². The SMILES string of the molecule is O=C(CC(O)c1ccc2ccccc2[nH+]1)CC(O)c1ccc2ccccc2[nH+]1. The maximum Gasteiger partial charge on any atom is 0.211 e. The maximum atomic E-state index is 12.4. The van der Waals surface area contributed by atoms with Crippen LogP contribution in [0.25, 0.3) is 21.8 Å². The van der Waals surface area contributed by atoms with E-state index in [0.29, 0.717) is 11.4 Å². The number of nitrogens with one attached hydrogen (secondary N) is 2. The normalized spacial score (nSPS) is 13.5. The van der Waals surface area contributed by atoms with E-state index < -0.39 is 12.2 Å². The van der Waals surface area contributed by atoms with Crippen molar-refractivity contribution in [2.24, 2.45) is 0 Å². The molecule has 0 bridgehead atoms. The number of aliphatic hydroxyl groups is 2. The molecule has 0 saturated carbocycles. The van der Waals surface area contributed by atoms with Crippen molar-refractivity contribution in [2.75, 3.05) is 0 Å². The van der Waals surface area contributed by atoms with Gasteiger partial charge in [0.05, 0.1) is 0 Å². The van der Waals surface area contributed by atoms with Gasteiger partial charge in [-0.05, 0) is 24.3 Å². The summed E-state index contributed by atoms with van der Waals surface area (Å²) in [6.07, 6.45) is -1.99. The van der Waals surface area contributed by atoms with Crippen molar-refractivity contribution in [3.63, 3.8) is 0 Å². The van der Waals surface area contributed by atoms with E-state index in [9.17, 15) is 15.0 Å². The molecule has 0 aliphatic heterocycles. The van der Waals surface area contributed by atoms with Gasteiger partial charge < -0.3 is 10.2 Å². The highest BCUT2D eigenvalue weighted by atomic mass is 16.3. The van der Waals surface area contributed by atoms with Crippen LogP contribution in [0.2, 0.25) is 0 Å². The third kappa shape index (κ3) is 3.91. The van der Waals surface area contributed by atoms with Crippen LogP contribution in [0.1, 0.15) is 36.4 Å². The van der Waals surface area contributed by atoms with Gasteiger partial charge in [-0.15, -0.1) is 0 Å². The number of Topliss-reactive ketones (excluding diaryl/α,β-unsaturated/α-hetero) is 1. The van der Waals surface area contributed by atoms with Crippen LogP contribution in [0.3, 0.4) is 0 Å². The van der Waals surface area contributed by atoms with E-state index >= 15 is 0 Å². The zero-order valence-electron chi connectivity index (χ0n) is 15.3. The number of carbonyl (C=O) groups excluding carboxylic acids is 1. The minimum atomic E-state index is -0.940. The zero-order chi connectivity index (χ0) is 19.5. The Morgan fingerprint density at radius 2 is 1.11 bits per heavy atom. The molecule has 2 aromatic heterocycles. The lowest BCUT2D eigenvalue weighted by Gasteiger charge is -2.09. The number of ketones is 1. The minimum Gasteiger partial charge on any atom is -0.382 e. The van der Waals surface area contributed by atoms with Gasteiger partial charge in [0.2, 0.25) is 22.4 Å². The Labute approximate surface area is 162 Å². The number of aromatic nitrogens is 2. The Kier molecular flexibility index (Phi) is 5.10. The number of hydrogen-bond donors (Lipinski definition) is 2. The number of pyridine rings is 2.